The zero-order valence-electron chi connectivity index (χ0n) is 22.3. The van der Waals surface area contributed by atoms with Crippen molar-refractivity contribution in [1.29, 1.82) is 0 Å². The Kier molecular flexibility index (Phi) is 10.9. The highest BCUT2D eigenvalue weighted by Crippen LogP contribution is 2.35. The van der Waals surface area contributed by atoms with Crippen molar-refractivity contribution >= 4 is 10.9 Å². The van der Waals surface area contributed by atoms with Crippen LogP contribution >= 0.6 is 0 Å². The minimum atomic E-state index is -0.157. The lowest BCUT2D eigenvalue weighted by atomic mass is 10.1. The average Bonchev–Trinajstić information content (AvgIpc) is 2.88. The molecule has 0 fully saturated rings. The van der Waals surface area contributed by atoms with Gasteiger partial charge in [-0.2, -0.15) is 0 Å². The predicted octanol–water partition coefficient (Wildman–Crippen LogP) is 7.68. The standard InChI is InChI=1S/C31H41NO4/c1-5-7-9-13-19-32-28-22-26(34-20-8-6-2)16-17-27(28)29(36-23-25-14-11-10-12-15-25)30(31(32)33)35-21-18-24(3)4/h10-12,14-18,22H,5-9,13,19-21,23H2,1-4H3. The van der Waals surface area contributed by atoms with E-state index < -0.39 is 0 Å². The number of hydrogen-bond donors (Lipinski definition) is 0. The molecule has 0 aliphatic carbocycles. The molecule has 0 saturated heterocycles. The topological polar surface area (TPSA) is 49.7 Å². The molecule has 0 spiro atoms. The van der Waals surface area contributed by atoms with Gasteiger partial charge >= 0.3 is 0 Å². The van der Waals surface area contributed by atoms with Crippen molar-refractivity contribution in [1.82, 2.24) is 4.57 Å². The van der Waals surface area contributed by atoms with E-state index >= 15 is 0 Å². The van der Waals surface area contributed by atoms with Gasteiger partial charge in [0.05, 0.1) is 12.1 Å². The van der Waals surface area contributed by atoms with Crippen LogP contribution in [0.5, 0.6) is 17.2 Å². The third kappa shape index (κ3) is 7.64. The third-order valence-corrected chi connectivity index (χ3v) is 6.10. The number of aryl methyl sites for hydroxylation is 1. The van der Waals surface area contributed by atoms with Crippen LogP contribution < -0.4 is 19.8 Å². The minimum Gasteiger partial charge on any atom is -0.494 e. The second-order valence-corrected chi connectivity index (χ2v) is 9.42. The Morgan fingerprint density at radius 2 is 1.64 bits per heavy atom. The SMILES string of the molecule is CCCCCCn1c(=O)c(OCC=C(C)C)c(OCc2ccccc2)c2ccc(OCCCC)cc21. The van der Waals surface area contributed by atoms with Gasteiger partial charge in [0.25, 0.3) is 5.56 Å². The average molecular weight is 492 g/mol. The summed E-state index contributed by atoms with van der Waals surface area (Å²) in [5.41, 5.74) is 2.83. The van der Waals surface area contributed by atoms with Crippen molar-refractivity contribution in [3.63, 3.8) is 0 Å². The van der Waals surface area contributed by atoms with Crippen molar-refractivity contribution in [2.45, 2.75) is 79.4 Å². The van der Waals surface area contributed by atoms with Crippen LogP contribution in [0.4, 0.5) is 0 Å². The van der Waals surface area contributed by atoms with Gasteiger partial charge in [0.2, 0.25) is 5.75 Å². The minimum absolute atomic E-state index is 0.157. The number of allylic oxidation sites excluding steroid dienone is 1. The summed E-state index contributed by atoms with van der Waals surface area (Å²) in [5, 5.41) is 0.857. The predicted molar refractivity (Wildman–Crippen MR) is 148 cm³/mol. The molecule has 0 amide bonds. The molecule has 0 atom stereocenters. The monoisotopic (exact) mass is 491 g/mol. The summed E-state index contributed by atoms with van der Waals surface area (Å²) in [6, 6.07) is 15.9. The summed E-state index contributed by atoms with van der Waals surface area (Å²) in [7, 11) is 0. The van der Waals surface area contributed by atoms with Crippen LogP contribution in [0.25, 0.3) is 10.9 Å². The molecule has 1 heterocycles. The maximum Gasteiger partial charge on any atom is 0.297 e. The Labute approximate surface area is 215 Å². The molecule has 3 rings (SSSR count). The fourth-order valence-corrected chi connectivity index (χ4v) is 4.01. The Bertz CT molecular complexity index is 1180. The summed E-state index contributed by atoms with van der Waals surface area (Å²) in [5.74, 6) is 1.53. The first-order chi connectivity index (χ1) is 17.5. The Balaban J connectivity index is 2.09. The number of aromatic nitrogens is 1. The van der Waals surface area contributed by atoms with Gasteiger partial charge < -0.3 is 18.8 Å². The van der Waals surface area contributed by atoms with E-state index in [9.17, 15) is 4.79 Å². The normalized spacial score (nSPS) is 10.9. The molecule has 5 nitrogen and oxygen atoms in total. The summed E-state index contributed by atoms with van der Waals surface area (Å²) < 4.78 is 20.2. The lowest BCUT2D eigenvalue weighted by Crippen LogP contribution is -2.24. The first-order valence-corrected chi connectivity index (χ1v) is 13.3. The Hall–Kier alpha value is -3.21. The second kappa shape index (κ2) is 14.4. The molecule has 0 saturated carbocycles. The van der Waals surface area contributed by atoms with Gasteiger partial charge in [-0.25, -0.2) is 0 Å². The summed E-state index contributed by atoms with van der Waals surface area (Å²) >= 11 is 0. The molecular formula is C31H41NO4. The zero-order chi connectivity index (χ0) is 25.8. The van der Waals surface area contributed by atoms with E-state index in [1.165, 1.54) is 0 Å². The fourth-order valence-electron chi connectivity index (χ4n) is 4.01. The number of ether oxygens (including phenoxy) is 3. The molecule has 3 aromatic rings. The maximum absolute atomic E-state index is 13.8. The molecule has 2 aromatic carbocycles. The van der Waals surface area contributed by atoms with Gasteiger partial charge in [-0.15, -0.1) is 0 Å². The lowest BCUT2D eigenvalue weighted by molar-refractivity contribution is 0.274. The lowest BCUT2D eigenvalue weighted by Gasteiger charge is -2.19. The Morgan fingerprint density at radius 3 is 2.36 bits per heavy atom. The second-order valence-electron chi connectivity index (χ2n) is 9.42. The highest BCUT2D eigenvalue weighted by Gasteiger charge is 2.20. The number of benzene rings is 2. The summed E-state index contributed by atoms with van der Waals surface area (Å²) in [4.78, 5) is 13.8. The molecule has 1 aromatic heterocycles. The van der Waals surface area contributed by atoms with Crippen molar-refractivity contribution in [2.75, 3.05) is 13.2 Å². The number of hydrogen-bond acceptors (Lipinski definition) is 4. The highest BCUT2D eigenvalue weighted by atomic mass is 16.5. The molecule has 0 unspecified atom stereocenters. The van der Waals surface area contributed by atoms with E-state index in [4.69, 9.17) is 14.2 Å². The van der Waals surface area contributed by atoms with Crippen LogP contribution in [0.1, 0.15) is 71.8 Å². The van der Waals surface area contributed by atoms with Crippen LogP contribution in [-0.2, 0) is 13.2 Å². The van der Waals surface area contributed by atoms with Gasteiger partial charge in [0, 0.05) is 18.0 Å². The van der Waals surface area contributed by atoms with E-state index in [1.807, 2.05) is 73.0 Å². The van der Waals surface area contributed by atoms with Crippen molar-refractivity contribution in [3.8, 4) is 17.2 Å². The van der Waals surface area contributed by atoms with Crippen LogP contribution in [0.3, 0.4) is 0 Å². The summed E-state index contributed by atoms with van der Waals surface area (Å²) in [6.07, 6.45) is 8.35. The van der Waals surface area contributed by atoms with Gasteiger partial charge in [-0.1, -0.05) is 75.4 Å². The fraction of sp³-hybridized carbons (Fsp3) is 0.452. The molecule has 0 aliphatic rings. The number of unbranched alkanes of at least 4 members (excludes halogenated alkanes) is 4. The smallest absolute Gasteiger partial charge is 0.297 e. The van der Waals surface area contributed by atoms with E-state index in [2.05, 4.69) is 13.8 Å². The molecule has 194 valence electrons. The quantitative estimate of drug-likeness (QED) is 0.162. The van der Waals surface area contributed by atoms with Crippen molar-refractivity contribution < 1.29 is 14.2 Å². The molecule has 0 aliphatic heterocycles. The van der Waals surface area contributed by atoms with Gasteiger partial charge in [-0.05, 0) is 50.5 Å². The van der Waals surface area contributed by atoms with Crippen LogP contribution in [0.15, 0.2) is 65.0 Å². The van der Waals surface area contributed by atoms with E-state index in [0.29, 0.717) is 32.1 Å². The van der Waals surface area contributed by atoms with Crippen molar-refractivity contribution in [3.05, 3.63) is 76.1 Å². The highest BCUT2D eigenvalue weighted by molar-refractivity contribution is 5.89. The first-order valence-electron chi connectivity index (χ1n) is 13.3. The molecule has 0 radical (unpaired) electrons. The van der Waals surface area contributed by atoms with Crippen LogP contribution in [0, 0.1) is 0 Å². The van der Waals surface area contributed by atoms with E-state index in [1.54, 1.807) is 0 Å². The van der Waals surface area contributed by atoms with Gasteiger partial charge in [0.1, 0.15) is 19.0 Å². The van der Waals surface area contributed by atoms with E-state index in [0.717, 1.165) is 66.3 Å². The molecular weight excluding hydrogens is 450 g/mol. The zero-order valence-corrected chi connectivity index (χ0v) is 22.3. The van der Waals surface area contributed by atoms with Gasteiger partial charge in [-0.3, -0.25) is 4.79 Å². The van der Waals surface area contributed by atoms with Gasteiger partial charge in [0.15, 0.2) is 5.75 Å². The largest absolute Gasteiger partial charge is 0.494 e. The number of rotatable bonds is 15. The van der Waals surface area contributed by atoms with Crippen LogP contribution in [-0.4, -0.2) is 17.8 Å². The first kappa shape index (κ1) is 27.4. The molecule has 0 N–H and O–H groups in total. The Morgan fingerprint density at radius 1 is 0.861 bits per heavy atom. The number of fused-ring (bicyclic) bond motifs is 1. The molecule has 5 heteroatoms. The third-order valence-electron chi connectivity index (χ3n) is 6.10. The molecule has 36 heavy (non-hydrogen) atoms. The van der Waals surface area contributed by atoms with E-state index in [-0.39, 0.29) is 11.3 Å². The molecule has 0 bridgehead atoms. The van der Waals surface area contributed by atoms with Crippen LogP contribution in [0.2, 0.25) is 0 Å². The van der Waals surface area contributed by atoms with Crippen molar-refractivity contribution in [2.24, 2.45) is 0 Å². The number of nitrogens with zero attached hydrogens (tertiary/aromatic N) is 1. The number of pyridine rings is 1. The summed E-state index contributed by atoms with van der Waals surface area (Å²) in [6.45, 7) is 10.3. The maximum atomic E-state index is 13.8.